The van der Waals surface area contributed by atoms with Crippen molar-refractivity contribution in [3.05, 3.63) is 35.9 Å². The van der Waals surface area contributed by atoms with Crippen LogP contribution in [-0.2, 0) is 34.8 Å². The zero-order chi connectivity index (χ0) is 28.1. The van der Waals surface area contributed by atoms with Gasteiger partial charge in [-0.2, -0.15) is 0 Å². The van der Waals surface area contributed by atoms with Crippen molar-refractivity contribution in [1.82, 2.24) is 10.6 Å². The Labute approximate surface area is 221 Å². The fraction of sp³-hybridized carbons (Fsp3) is 0.654. The van der Waals surface area contributed by atoms with Crippen LogP contribution in [0.3, 0.4) is 0 Å². The predicted molar refractivity (Wildman–Crippen MR) is 143 cm³/mol. The number of hydrogen-bond acceptors (Lipinski definition) is 7. The van der Waals surface area contributed by atoms with Gasteiger partial charge in [-0.1, -0.05) is 51.1 Å². The van der Waals surface area contributed by atoms with Gasteiger partial charge in [-0.05, 0) is 49.4 Å². The molecule has 0 spiro atoms. The molecule has 210 valence electrons. The van der Waals surface area contributed by atoms with Crippen LogP contribution < -0.4 is 10.6 Å². The van der Waals surface area contributed by atoms with Crippen LogP contribution in [-0.4, -0.2) is 70.6 Å². The number of nitrogens with one attached hydrogen (secondary N) is 2. The molecule has 11 heteroatoms. The minimum atomic E-state index is -2.08. The Bertz CT molecular complexity index is 841. The highest BCUT2D eigenvalue weighted by Gasteiger charge is 2.37. The Morgan fingerprint density at radius 3 is 2.11 bits per heavy atom. The Balaban J connectivity index is 2.84. The number of carboxylic acid groups (broad SMARTS) is 1. The molecule has 0 aromatic heterocycles. The molecule has 0 saturated carbocycles. The Hall–Kier alpha value is -2.47. The number of ether oxygens (including phenoxy) is 3. The van der Waals surface area contributed by atoms with E-state index < -0.39 is 44.7 Å². The average Bonchev–Trinajstić information content (AvgIpc) is 2.83. The smallest absolute Gasteiger partial charge is 0.408 e. The van der Waals surface area contributed by atoms with Gasteiger partial charge in [0.15, 0.2) is 14.6 Å². The summed E-state index contributed by atoms with van der Waals surface area (Å²) in [5, 5.41) is 14.7. The van der Waals surface area contributed by atoms with E-state index in [-0.39, 0.29) is 31.1 Å². The predicted octanol–water partition coefficient (Wildman–Crippen LogP) is 4.05. The van der Waals surface area contributed by atoms with Gasteiger partial charge in [0.2, 0.25) is 5.91 Å². The van der Waals surface area contributed by atoms with E-state index in [1.165, 1.54) is 14.2 Å². The number of carbonyl (C=O) groups excluding carboxylic acids is 2. The monoisotopic (exact) mass is 540 g/mol. The molecule has 1 aromatic carbocycles. The molecule has 3 N–H and O–H groups in total. The molecule has 0 fully saturated rings. The number of alkyl carbamates (subject to hydrolysis) is 1. The summed E-state index contributed by atoms with van der Waals surface area (Å²) >= 11 is 0. The number of carbonyl (C=O) groups is 3. The first-order valence-corrected chi connectivity index (χ1v) is 15.4. The van der Waals surface area contributed by atoms with Crippen molar-refractivity contribution >= 4 is 26.3 Å². The van der Waals surface area contributed by atoms with Gasteiger partial charge in [0.25, 0.3) is 0 Å². The van der Waals surface area contributed by atoms with Crippen LogP contribution in [0.2, 0.25) is 18.1 Å². The highest BCUT2D eigenvalue weighted by atomic mass is 28.4. The van der Waals surface area contributed by atoms with E-state index in [1.807, 2.05) is 30.3 Å². The van der Waals surface area contributed by atoms with Crippen LogP contribution in [0.25, 0.3) is 0 Å². The molecule has 0 saturated heterocycles. The number of amides is 2. The van der Waals surface area contributed by atoms with Crippen molar-refractivity contribution in [1.29, 1.82) is 0 Å². The van der Waals surface area contributed by atoms with Crippen molar-refractivity contribution in [3.8, 4) is 0 Å². The molecule has 0 bridgehead atoms. The zero-order valence-corrected chi connectivity index (χ0v) is 24.2. The third-order valence-corrected chi connectivity index (χ3v) is 11.1. The van der Waals surface area contributed by atoms with Crippen molar-refractivity contribution in [3.63, 3.8) is 0 Å². The maximum atomic E-state index is 13.1. The number of aliphatic carboxylic acids is 1. The van der Waals surface area contributed by atoms with Gasteiger partial charge in [-0.25, -0.2) is 9.59 Å². The lowest BCUT2D eigenvalue weighted by atomic mass is 10.1. The first-order valence-electron chi connectivity index (χ1n) is 12.5. The summed E-state index contributed by atoms with van der Waals surface area (Å²) < 4.78 is 21.7. The topological polar surface area (TPSA) is 132 Å². The van der Waals surface area contributed by atoms with Crippen LogP contribution in [0.5, 0.6) is 0 Å². The largest absolute Gasteiger partial charge is 0.480 e. The van der Waals surface area contributed by atoms with Gasteiger partial charge < -0.3 is 34.4 Å². The van der Waals surface area contributed by atoms with E-state index in [0.29, 0.717) is 12.8 Å². The molecule has 0 aliphatic carbocycles. The molecule has 1 rings (SSSR count). The molecule has 0 aliphatic rings. The molecule has 0 aliphatic heterocycles. The van der Waals surface area contributed by atoms with Gasteiger partial charge >= 0.3 is 12.1 Å². The number of hydrogen-bond donors (Lipinski definition) is 3. The lowest BCUT2D eigenvalue weighted by Crippen LogP contribution is -2.52. The normalized spacial score (nSPS) is 13.6. The Morgan fingerprint density at radius 2 is 1.57 bits per heavy atom. The molecular formula is C26H44N2O8Si. The van der Waals surface area contributed by atoms with E-state index in [4.69, 9.17) is 18.6 Å². The lowest BCUT2D eigenvalue weighted by molar-refractivity contribution is -0.142. The highest BCUT2D eigenvalue weighted by molar-refractivity contribution is 6.74. The second-order valence-electron chi connectivity index (χ2n) is 10.4. The number of benzene rings is 1. The van der Waals surface area contributed by atoms with E-state index in [1.54, 1.807) is 0 Å². The molecule has 10 nitrogen and oxygen atoms in total. The number of carboxylic acids is 1. The molecule has 0 unspecified atom stereocenters. The maximum Gasteiger partial charge on any atom is 0.408 e. The van der Waals surface area contributed by atoms with Crippen LogP contribution >= 0.6 is 0 Å². The fourth-order valence-corrected chi connectivity index (χ4v) is 4.24. The fourth-order valence-electron chi connectivity index (χ4n) is 3.17. The third-order valence-electron chi connectivity index (χ3n) is 6.57. The molecule has 2 amide bonds. The van der Waals surface area contributed by atoms with Gasteiger partial charge in [-0.15, -0.1) is 0 Å². The third kappa shape index (κ3) is 12.1. The first kappa shape index (κ1) is 32.6. The lowest BCUT2D eigenvalue weighted by Gasteiger charge is -2.36. The molecule has 0 radical (unpaired) electrons. The SMILES string of the molecule is COC(CCC[C@@H](NC(=O)[C@H](CCO[Si](C)(C)C(C)(C)C)NC(=O)OCc1ccccc1)C(=O)O)OC. The minimum absolute atomic E-state index is 0.0243. The van der Waals surface area contributed by atoms with E-state index >= 15 is 0 Å². The van der Waals surface area contributed by atoms with Crippen molar-refractivity contribution < 1.29 is 38.1 Å². The summed E-state index contributed by atoms with van der Waals surface area (Å²) in [4.78, 5) is 37.4. The Kier molecular flexibility index (Phi) is 13.8. The molecule has 1 aromatic rings. The summed E-state index contributed by atoms with van der Waals surface area (Å²) in [5.41, 5.74) is 0.802. The first-order chi connectivity index (χ1) is 17.3. The second kappa shape index (κ2) is 15.7. The molecule has 0 heterocycles. The summed E-state index contributed by atoms with van der Waals surface area (Å²) in [6.07, 6.45) is 0.0457. The van der Waals surface area contributed by atoms with Gasteiger partial charge in [0, 0.05) is 20.8 Å². The standard InChI is InChI=1S/C26H44N2O8Si/c1-26(2,3)37(6,7)36-17-16-20(28-25(32)35-18-19-12-9-8-10-13-19)23(29)27-21(24(30)31)14-11-15-22(33-4)34-5/h8-10,12-13,20-22H,11,14-18H2,1-7H3,(H,27,29)(H,28,32)(H,30,31)/t20-,21+/m0/s1. The zero-order valence-electron chi connectivity index (χ0n) is 23.2. The molecule has 37 heavy (non-hydrogen) atoms. The summed E-state index contributed by atoms with van der Waals surface area (Å²) in [6, 6.07) is 7.00. The van der Waals surface area contributed by atoms with E-state index in [2.05, 4.69) is 44.5 Å². The van der Waals surface area contributed by atoms with Crippen LogP contribution in [0.1, 0.15) is 52.0 Å². The summed E-state index contributed by atoms with van der Waals surface area (Å²) in [6.45, 7) is 10.8. The number of methoxy groups -OCH3 is 2. The molecular weight excluding hydrogens is 496 g/mol. The Morgan fingerprint density at radius 1 is 0.946 bits per heavy atom. The van der Waals surface area contributed by atoms with Crippen molar-refractivity contribution in [2.24, 2.45) is 0 Å². The van der Waals surface area contributed by atoms with Crippen molar-refractivity contribution in [2.75, 3.05) is 20.8 Å². The van der Waals surface area contributed by atoms with Gasteiger partial charge in [0.05, 0.1) is 0 Å². The minimum Gasteiger partial charge on any atom is -0.480 e. The van der Waals surface area contributed by atoms with Gasteiger partial charge in [0.1, 0.15) is 18.7 Å². The van der Waals surface area contributed by atoms with E-state index in [9.17, 15) is 19.5 Å². The van der Waals surface area contributed by atoms with Crippen LogP contribution in [0.4, 0.5) is 4.79 Å². The summed E-state index contributed by atoms with van der Waals surface area (Å²) in [7, 11) is 0.922. The summed E-state index contributed by atoms with van der Waals surface area (Å²) in [5.74, 6) is -1.78. The number of rotatable bonds is 16. The quantitative estimate of drug-likeness (QED) is 0.211. The maximum absolute atomic E-state index is 13.1. The van der Waals surface area contributed by atoms with Crippen LogP contribution in [0, 0.1) is 0 Å². The average molecular weight is 541 g/mol. The highest BCUT2D eigenvalue weighted by Crippen LogP contribution is 2.36. The van der Waals surface area contributed by atoms with E-state index in [0.717, 1.165) is 5.56 Å². The second-order valence-corrected chi connectivity index (χ2v) is 15.2. The molecule has 2 atom stereocenters. The van der Waals surface area contributed by atoms with Crippen LogP contribution in [0.15, 0.2) is 30.3 Å². The van der Waals surface area contributed by atoms with Crippen molar-refractivity contribution in [2.45, 2.75) is 89.6 Å². The van der Waals surface area contributed by atoms with Gasteiger partial charge in [-0.3, -0.25) is 4.79 Å².